The fourth-order valence-electron chi connectivity index (χ4n) is 3.51. The lowest BCUT2D eigenvalue weighted by Gasteiger charge is -2.31. The molecular formula is C20H25N5O. The van der Waals surface area contributed by atoms with Crippen molar-refractivity contribution in [2.24, 2.45) is 7.05 Å². The average Bonchev–Trinajstić information content (AvgIpc) is 3.30. The first-order valence-electron chi connectivity index (χ1n) is 9.17. The van der Waals surface area contributed by atoms with Crippen molar-refractivity contribution in [2.75, 3.05) is 6.61 Å². The van der Waals surface area contributed by atoms with Crippen molar-refractivity contribution in [1.29, 1.82) is 0 Å². The molecular weight excluding hydrogens is 326 g/mol. The molecule has 1 aliphatic rings. The Labute approximate surface area is 153 Å². The molecule has 4 rings (SSSR count). The third-order valence-corrected chi connectivity index (χ3v) is 4.82. The van der Waals surface area contributed by atoms with Gasteiger partial charge in [-0.05, 0) is 18.4 Å². The molecule has 0 bridgehead atoms. The molecule has 1 aliphatic heterocycles. The van der Waals surface area contributed by atoms with Crippen LogP contribution in [0.4, 0.5) is 0 Å². The van der Waals surface area contributed by atoms with Crippen LogP contribution in [0.3, 0.4) is 0 Å². The quantitative estimate of drug-likeness (QED) is 0.742. The van der Waals surface area contributed by atoms with Gasteiger partial charge in [-0.2, -0.15) is 10.2 Å². The van der Waals surface area contributed by atoms with E-state index in [-0.39, 0.29) is 6.10 Å². The zero-order valence-electron chi connectivity index (χ0n) is 15.1. The molecule has 0 radical (unpaired) electrons. The minimum atomic E-state index is 0.0665. The van der Waals surface area contributed by atoms with E-state index in [4.69, 9.17) is 4.74 Å². The molecule has 3 heterocycles. The maximum atomic E-state index is 6.03. The zero-order valence-corrected chi connectivity index (χ0v) is 15.1. The van der Waals surface area contributed by atoms with E-state index < -0.39 is 0 Å². The number of rotatable bonds is 6. The lowest BCUT2D eigenvalue weighted by molar-refractivity contribution is -0.0112. The van der Waals surface area contributed by atoms with Gasteiger partial charge in [0.25, 0.3) is 0 Å². The van der Waals surface area contributed by atoms with E-state index in [1.54, 1.807) is 0 Å². The van der Waals surface area contributed by atoms with Gasteiger partial charge in [0.1, 0.15) is 6.10 Å². The number of hydrogen-bond acceptors (Lipinski definition) is 4. The predicted molar refractivity (Wildman–Crippen MR) is 99.5 cm³/mol. The maximum absolute atomic E-state index is 6.03. The van der Waals surface area contributed by atoms with Crippen LogP contribution in [-0.4, -0.2) is 32.2 Å². The van der Waals surface area contributed by atoms with Gasteiger partial charge in [0, 0.05) is 49.8 Å². The smallest absolute Gasteiger partial charge is 0.101 e. The molecule has 0 saturated carbocycles. The highest BCUT2D eigenvalue weighted by Crippen LogP contribution is 2.28. The van der Waals surface area contributed by atoms with Crippen LogP contribution >= 0.6 is 0 Å². The molecule has 2 aromatic heterocycles. The number of aryl methyl sites for hydroxylation is 1. The Hall–Kier alpha value is -2.44. The second kappa shape index (κ2) is 7.85. The summed E-state index contributed by atoms with van der Waals surface area (Å²) in [4.78, 5) is 0. The van der Waals surface area contributed by atoms with Crippen LogP contribution in [0.5, 0.6) is 0 Å². The van der Waals surface area contributed by atoms with E-state index >= 15 is 0 Å². The van der Waals surface area contributed by atoms with Crippen molar-refractivity contribution in [3.63, 3.8) is 0 Å². The molecule has 1 saturated heterocycles. The molecule has 1 aromatic carbocycles. The standard InChI is InChI=1S/C20H25N5O/c1-24-15-18(12-22-24)20-19(8-5-9-26-20)21-10-17-11-23-25(14-17)13-16-6-3-2-4-7-16/h2-4,6-7,11-12,14-15,19-21H,5,8-10,13H2,1H3/t19-,20+/m0/s1. The molecule has 6 nitrogen and oxygen atoms in total. The van der Waals surface area contributed by atoms with Crippen LogP contribution < -0.4 is 5.32 Å². The summed E-state index contributed by atoms with van der Waals surface area (Å²) in [7, 11) is 1.94. The Balaban J connectivity index is 1.37. The van der Waals surface area contributed by atoms with Gasteiger partial charge in [-0.15, -0.1) is 0 Å². The number of hydrogen-bond donors (Lipinski definition) is 1. The van der Waals surface area contributed by atoms with Gasteiger partial charge in [0.05, 0.1) is 18.9 Å². The van der Waals surface area contributed by atoms with E-state index in [1.807, 2.05) is 41.1 Å². The van der Waals surface area contributed by atoms with Crippen LogP contribution in [0, 0.1) is 0 Å². The van der Waals surface area contributed by atoms with Crippen molar-refractivity contribution >= 4 is 0 Å². The summed E-state index contributed by atoms with van der Waals surface area (Å²) in [5, 5.41) is 12.4. The largest absolute Gasteiger partial charge is 0.372 e. The molecule has 0 aliphatic carbocycles. The Morgan fingerprint density at radius 1 is 1.12 bits per heavy atom. The normalized spacial score (nSPS) is 20.3. The van der Waals surface area contributed by atoms with Gasteiger partial charge >= 0.3 is 0 Å². The Morgan fingerprint density at radius 3 is 2.81 bits per heavy atom. The molecule has 0 unspecified atom stereocenters. The summed E-state index contributed by atoms with van der Waals surface area (Å²) >= 11 is 0. The van der Waals surface area contributed by atoms with Crippen LogP contribution in [0.15, 0.2) is 55.1 Å². The molecule has 1 fully saturated rings. The van der Waals surface area contributed by atoms with E-state index in [2.05, 4.69) is 46.0 Å². The SMILES string of the molecule is Cn1cc([C@H]2OCCC[C@@H]2NCc2cnn(Cc3ccccc3)c2)cn1. The summed E-state index contributed by atoms with van der Waals surface area (Å²) in [5.74, 6) is 0. The summed E-state index contributed by atoms with van der Waals surface area (Å²) in [6.07, 6.45) is 10.3. The molecule has 2 atom stereocenters. The Bertz CT molecular complexity index is 826. The van der Waals surface area contributed by atoms with Gasteiger partial charge in [0.2, 0.25) is 0 Å². The first-order valence-corrected chi connectivity index (χ1v) is 9.17. The van der Waals surface area contributed by atoms with E-state index in [0.29, 0.717) is 6.04 Å². The van der Waals surface area contributed by atoms with Crippen molar-refractivity contribution < 1.29 is 4.74 Å². The minimum absolute atomic E-state index is 0.0665. The van der Waals surface area contributed by atoms with Gasteiger partial charge in [-0.25, -0.2) is 0 Å². The maximum Gasteiger partial charge on any atom is 0.101 e. The number of ether oxygens (including phenoxy) is 1. The Kier molecular flexibility index (Phi) is 5.13. The Morgan fingerprint density at radius 2 is 2.00 bits per heavy atom. The van der Waals surface area contributed by atoms with Gasteiger partial charge in [0.15, 0.2) is 0 Å². The van der Waals surface area contributed by atoms with Crippen molar-refractivity contribution in [3.8, 4) is 0 Å². The number of benzene rings is 1. The molecule has 26 heavy (non-hydrogen) atoms. The third kappa shape index (κ3) is 4.03. The number of nitrogens with zero attached hydrogens (tertiary/aromatic N) is 4. The minimum Gasteiger partial charge on any atom is -0.372 e. The van der Waals surface area contributed by atoms with Crippen molar-refractivity contribution in [3.05, 3.63) is 71.8 Å². The van der Waals surface area contributed by atoms with Crippen LogP contribution in [0.2, 0.25) is 0 Å². The van der Waals surface area contributed by atoms with Gasteiger partial charge < -0.3 is 10.1 Å². The fraction of sp³-hybridized carbons (Fsp3) is 0.400. The second-order valence-corrected chi connectivity index (χ2v) is 6.90. The monoisotopic (exact) mass is 351 g/mol. The average molecular weight is 351 g/mol. The van der Waals surface area contributed by atoms with E-state index in [0.717, 1.165) is 38.1 Å². The molecule has 6 heteroatoms. The third-order valence-electron chi connectivity index (χ3n) is 4.82. The summed E-state index contributed by atoms with van der Waals surface area (Å²) in [6.45, 7) is 2.40. The molecule has 1 N–H and O–H groups in total. The van der Waals surface area contributed by atoms with E-state index in [1.165, 1.54) is 11.1 Å². The highest BCUT2D eigenvalue weighted by atomic mass is 16.5. The van der Waals surface area contributed by atoms with Crippen LogP contribution in [0.25, 0.3) is 0 Å². The first kappa shape index (κ1) is 17.0. The summed E-state index contributed by atoms with van der Waals surface area (Å²) in [6, 6.07) is 10.7. The highest BCUT2D eigenvalue weighted by molar-refractivity contribution is 5.16. The highest BCUT2D eigenvalue weighted by Gasteiger charge is 2.28. The van der Waals surface area contributed by atoms with Crippen LogP contribution in [0.1, 0.15) is 35.6 Å². The summed E-state index contributed by atoms with van der Waals surface area (Å²) < 4.78 is 9.85. The predicted octanol–water partition coefficient (Wildman–Crippen LogP) is 2.67. The van der Waals surface area contributed by atoms with Crippen molar-refractivity contribution in [2.45, 2.75) is 38.1 Å². The van der Waals surface area contributed by atoms with Crippen LogP contribution in [-0.2, 0) is 24.9 Å². The lowest BCUT2D eigenvalue weighted by atomic mass is 9.98. The molecule has 0 spiro atoms. The molecule has 136 valence electrons. The fourth-order valence-corrected chi connectivity index (χ4v) is 3.51. The molecule has 3 aromatic rings. The van der Waals surface area contributed by atoms with Gasteiger partial charge in [-0.3, -0.25) is 9.36 Å². The summed E-state index contributed by atoms with van der Waals surface area (Å²) in [5.41, 5.74) is 3.59. The number of nitrogens with one attached hydrogen (secondary N) is 1. The number of aromatic nitrogens is 4. The second-order valence-electron chi connectivity index (χ2n) is 6.90. The topological polar surface area (TPSA) is 56.9 Å². The molecule has 0 amide bonds. The van der Waals surface area contributed by atoms with E-state index in [9.17, 15) is 0 Å². The van der Waals surface area contributed by atoms with Crippen molar-refractivity contribution in [1.82, 2.24) is 24.9 Å². The van der Waals surface area contributed by atoms with Gasteiger partial charge in [-0.1, -0.05) is 30.3 Å². The lowest BCUT2D eigenvalue weighted by Crippen LogP contribution is -2.38. The zero-order chi connectivity index (χ0) is 17.8. The first-order chi connectivity index (χ1) is 12.8.